The summed E-state index contributed by atoms with van der Waals surface area (Å²) in [5.41, 5.74) is 2.13. The Kier molecular flexibility index (Phi) is 2.06. The van der Waals surface area contributed by atoms with Gasteiger partial charge in [0.05, 0.1) is 24.5 Å². The van der Waals surface area contributed by atoms with Crippen molar-refractivity contribution in [3.63, 3.8) is 0 Å². The molecular weight excluding hydrogens is 178 g/mol. The molecule has 4 nitrogen and oxygen atoms in total. The van der Waals surface area contributed by atoms with Gasteiger partial charge >= 0.3 is 0 Å². The van der Waals surface area contributed by atoms with E-state index in [0.717, 1.165) is 17.2 Å². The van der Waals surface area contributed by atoms with Gasteiger partial charge in [0, 0.05) is 12.8 Å². The van der Waals surface area contributed by atoms with Crippen LogP contribution in [0.25, 0.3) is 0 Å². The lowest BCUT2D eigenvalue weighted by atomic mass is 10.2. The van der Waals surface area contributed by atoms with E-state index in [-0.39, 0.29) is 5.91 Å². The maximum atomic E-state index is 11.1. The van der Waals surface area contributed by atoms with E-state index >= 15 is 0 Å². The van der Waals surface area contributed by atoms with Crippen LogP contribution in [0.3, 0.4) is 0 Å². The molecule has 0 bridgehead atoms. The van der Waals surface area contributed by atoms with Gasteiger partial charge in [-0.3, -0.25) is 4.79 Å². The second kappa shape index (κ2) is 3.12. The van der Waals surface area contributed by atoms with Crippen molar-refractivity contribution >= 4 is 5.91 Å². The number of imidazole rings is 1. The van der Waals surface area contributed by atoms with Gasteiger partial charge in [0.2, 0.25) is 5.91 Å². The Balaban J connectivity index is 2.20. The Hall–Kier alpha value is -1.32. The van der Waals surface area contributed by atoms with Crippen LogP contribution >= 0.6 is 0 Å². The fourth-order valence-electron chi connectivity index (χ4n) is 1.65. The van der Waals surface area contributed by atoms with Crippen molar-refractivity contribution in [2.24, 2.45) is 0 Å². The highest BCUT2D eigenvalue weighted by Gasteiger charge is 2.24. The van der Waals surface area contributed by atoms with Crippen LogP contribution in [0.2, 0.25) is 0 Å². The molecule has 14 heavy (non-hydrogen) atoms. The van der Waals surface area contributed by atoms with Crippen molar-refractivity contribution in [1.29, 1.82) is 0 Å². The number of carbonyl (C=O) groups is 1. The van der Waals surface area contributed by atoms with Crippen LogP contribution in [0.15, 0.2) is 0 Å². The third-order valence-corrected chi connectivity index (χ3v) is 2.56. The van der Waals surface area contributed by atoms with E-state index in [1.54, 1.807) is 11.8 Å². The quantitative estimate of drug-likeness (QED) is 0.732. The SMILES string of the molecule is CC(=O)N1Cc2nc(C(C)C)[nH]c2C1. The fourth-order valence-corrected chi connectivity index (χ4v) is 1.65. The summed E-state index contributed by atoms with van der Waals surface area (Å²) in [5, 5.41) is 0. The zero-order valence-corrected chi connectivity index (χ0v) is 8.79. The normalized spacial score (nSPS) is 15.0. The first kappa shape index (κ1) is 9.24. The Bertz CT molecular complexity index is 344. The number of aromatic nitrogens is 2. The average molecular weight is 193 g/mol. The monoisotopic (exact) mass is 193 g/mol. The highest BCUT2D eigenvalue weighted by atomic mass is 16.2. The van der Waals surface area contributed by atoms with E-state index < -0.39 is 0 Å². The molecule has 0 saturated heterocycles. The molecule has 4 heteroatoms. The molecule has 2 heterocycles. The third-order valence-electron chi connectivity index (χ3n) is 2.56. The first-order valence-corrected chi connectivity index (χ1v) is 4.91. The van der Waals surface area contributed by atoms with Crippen molar-refractivity contribution in [3.05, 3.63) is 17.2 Å². The van der Waals surface area contributed by atoms with Crippen molar-refractivity contribution < 1.29 is 4.79 Å². The lowest BCUT2D eigenvalue weighted by molar-refractivity contribution is -0.129. The maximum Gasteiger partial charge on any atom is 0.220 e. The van der Waals surface area contributed by atoms with Crippen molar-refractivity contribution in [2.45, 2.75) is 39.8 Å². The van der Waals surface area contributed by atoms with Crippen molar-refractivity contribution in [3.8, 4) is 0 Å². The van der Waals surface area contributed by atoms with E-state index in [9.17, 15) is 4.79 Å². The van der Waals surface area contributed by atoms with Gasteiger partial charge in [-0.2, -0.15) is 0 Å². The second-order valence-electron chi connectivity index (χ2n) is 4.08. The number of nitrogens with zero attached hydrogens (tertiary/aromatic N) is 2. The van der Waals surface area contributed by atoms with Crippen LogP contribution in [-0.4, -0.2) is 20.8 Å². The highest BCUT2D eigenvalue weighted by Crippen LogP contribution is 2.22. The predicted octanol–water partition coefficient (Wildman–Crippen LogP) is 1.40. The molecule has 2 rings (SSSR count). The zero-order valence-electron chi connectivity index (χ0n) is 8.79. The van der Waals surface area contributed by atoms with Crippen LogP contribution < -0.4 is 0 Å². The number of hydrogen-bond acceptors (Lipinski definition) is 2. The van der Waals surface area contributed by atoms with Crippen LogP contribution in [0.1, 0.15) is 43.9 Å². The maximum absolute atomic E-state index is 11.1. The van der Waals surface area contributed by atoms with Crippen molar-refractivity contribution in [1.82, 2.24) is 14.9 Å². The van der Waals surface area contributed by atoms with Gasteiger partial charge in [-0.05, 0) is 0 Å². The van der Waals surface area contributed by atoms with Gasteiger partial charge in [-0.1, -0.05) is 13.8 Å². The van der Waals surface area contributed by atoms with E-state index in [4.69, 9.17) is 0 Å². The predicted molar refractivity (Wildman–Crippen MR) is 52.6 cm³/mol. The molecule has 0 radical (unpaired) electrons. The van der Waals surface area contributed by atoms with Crippen LogP contribution in [0.5, 0.6) is 0 Å². The summed E-state index contributed by atoms with van der Waals surface area (Å²) < 4.78 is 0. The molecule has 1 aliphatic heterocycles. The van der Waals surface area contributed by atoms with Gasteiger partial charge in [0.15, 0.2) is 0 Å². The molecule has 0 aromatic carbocycles. The Morgan fingerprint density at radius 1 is 1.50 bits per heavy atom. The van der Waals surface area contributed by atoms with Gasteiger partial charge in [0.1, 0.15) is 5.82 Å². The summed E-state index contributed by atoms with van der Waals surface area (Å²) in [7, 11) is 0. The van der Waals surface area contributed by atoms with Gasteiger partial charge in [-0.25, -0.2) is 4.98 Å². The number of fused-ring (bicyclic) bond motifs is 1. The summed E-state index contributed by atoms with van der Waals surface area (Å²) in [6.45, 7) is 7.15. The minimum atomic E-state index is 0.113. The Labute approximate surface area is 83.3 Å². The summed E-state index contributed by atoms with van der Waals surface area (Å²) >= 11 is 0. The lowest BCUT2D eigenvalue weighted by Gasteiger charge is -2.11. The molecule has 76 valence electrons. The summed E-state index contributed by atoms with van der Waals surface area (Å²) in [6, 6.07) is 0. The van der Waals surface area contributed by atoms with Crippen molar-refractivity contribution in [2.75, 3.05) is 0 Å². The van der Waals surface area contributed by atoms with E-state index in [0.29, 0.717) is 19.0 Å². The molecule has 0 fully saturated rings. The second-order valence-corrected chi connectivity index (χ2v) is 4.08. The largest absolute Gasteiger partial charge is 0.344 e. The number of rotatable bonds is 1. The number of carbonyl (C=O) groups excluding carboxylic acids is 1. The van der Waals surface area contributed by atoms with Gasteiger partial charge in [0.25, 0.3) is 0 Å². The third kappa shape index (κ3) is 1.41. The minimum absolute atomic E-state index is 0.113. The standard InChI is InChI=1S/C10H15N3O/c1-6(2)10-11-8-4-13(7(3)14)5-9(8)12-10/h6H,4-5H2,1-3H3,(H,11,12). The fraction of sp³-hybridized carbons (Fsp3) is 0.600. The number of nitrogens with one attached hydrogen (secondary N) is 1. The number of H-pyrrole nitrogens is 1. The number of amides is 1. The summed E-state index contributed by atoms with van der Waals surface area (Å²) in [4.78, 5) is 20.7. The first-order valence-electron chi connectivity index (χ1n) is 4.91. The minimum Gasteiger partial charge on any atom is -0.344 e. The topological polar surface area (TPSA) is 49.0 Å². The Morgan fingerprint density at radius 2 is 2.21 bits per heavy atom. The van der Waals surface area contributed by atoms with Crippen LogP contribution in [-0.2, 0) is 17.9 Å². The highest BCUT2D eigenvalue weighted by molar-refractivity contribution is 5.73. The molecule has 0 spiro atoms. The lowest BCUT2D eigenvalue weighted by Crippen LogP contribution is -2.22. The van der Waals surface area contributed by atoms with Crippen LogP contribution in [0.4, 0.5) is 0 Å². The summed E-state index contributed by atoms with van der Waals surface area (Å²) in [5.74, 6) is 1.56. The van der Waals surface area contributed by atoms with Gasteiger partial charge < -0.3 is 9.88 Å². The molecule has 1 amide bonds. The molecule has 0 unspecified atom stereocenters. The van der Waals surface area contributed by atoms with Crippen LogP contribution in [0, 0.1) is 0 Å². The summed E-state index contributed by atoms with van der Waals surface area (Å²) in [6.07, 6.45) is 0. The molecule has 1 aromatic heterocycles. The van der Waals surface area contributed by atoms with E-state index in [2.05, 4.69) is 23.8 Å². The Morgan fingerprint density at radius 3 is 2.71 bits per heavy atom. The first-order chi connectivity index (χ1) is 6.58. The zero-order chi connectivity index (χ0) is 10.3. The number of aromatic amines is 1. The number of hydrogen-bond donors (Lipinski definition) is 1. The molecule has 1 N–H and O–H groups in total. The smallest absolute Gasteiger partial charge is 0.220 e. The molecule has 0 aliphatic carbocycles. The molecule has 1 aliphatic rings. The molecule has 0 saturated carbocycles. The van der Waals surface area contributed by atoms with E-state index in [1.165, 1.54) is 0 Å². The average Bonchev–Trinajstić information content (AvgIpc) is 2.57. The molecular formula is C10H15N3O. The van der Waals surface area contributed by atoms with Gasteiger partial charge in [-0.15, -0.1) is 0 Å². The van der Waals surface area contributed by atoms with E-state index in [1.807, 2.05) is 0 Å². The molecule has 0 atom stereocenters. The molecule has 1 aromatic rings.